The van der Waals surface area contributed by atoms with Crippen LogP contribution in [0.2, 0.25) is 0 Å². The third kappa shape index (κ3) is 2.36. The van der Waals surface area contributed by atoms with Crippen LogP contribution in [0.15, 0.2) is 24.3 Å². The van der Waals surface area contributed by atoms with Crippen LogP contribution in [0.3, 0.4) is 0 Å². The Hall–Kier alpha value is -1.08. The Kier molecular flexibility index (Phi) is 3.96. The van der Waals surface area contributed by atoms with Gasteiger partial charge >= 0.3 is 0 Å². The van der Waals surface area contributed by atoms with Crippen molar-refractivity contribution in [3.05, 3.63) is 39.4 Å². The fraction of sp³-hybridized carbons (Fsp3) is 0.333. The summed E-state index contributed by atoms with van der Waals surface area (Å²) in [5.74, 6) is 0.860. The zero-order valence-corrected chi connectivity index (χ0v) is 15.1. The first-order valence-electron chi connectivity index (χ1n) is 6.89. The van der Waals surface area contributed by atoms with Crippen molar-refractivity contribution in [1.29, 1.82) is 0 Å². The number of aromatic nitrogens is 4. The summed E-state index contributed by atoms with van der Waals surface area (Å²) in [6.45, 7) is 6.83. The Bertz CT molecular complexity index is 803. The summed E-state index contributed by atoms with van der Waals surface area (Å²) in [5, 5.41) is 4.40. The van der Waals surface area contributed by atoms with E-state index in [-0.39, 0.29) is 5.38 Å². The molecule has 0 saturated carbocycles. The van der Waals surface area contributed by atoms with Crippen LogP contribution in [0.25, 0.3) is 16.9 Å². The van der Waals surface area contributed by atoms with Gasteiger partial charge in [-0.25, -0.2) is 9.67 Å². The number of benzene rings is 1. The lowest BCUT2D eigenvalue weighted by Gasteiger charge is -2.13. The smallest absolute Gasteiger partial charge is 0.163 e. The molecule has 3 rings (SSSR count). The highest BCUT2D eigenvalue weighted by molar-refractivity contribution is 14.1. The van der Waals surface area contributed by atoms with E-state index in [1.807, 2.05) is 30.7 Å². The second-order valence-corrected chi connectivity index (χ2v) is 6.76. The first-order chi connectivity index (χ1) is 10.0. The van der Waals surface area contributed by atoms with Crippen molar-refractivity contribution >= 4 is 45.4 Å². The average Bonchev–Trinajstić information content (AvgIpc) is 2.98. The Labute approximate surface area is 142 Å². The summed E-state index contributed by atoms with van der Waals surface area (Å²) >= 11 is 8.71. The number of alkyl halides is 1. The Morgan fingerprint density at radius 3 is 2.67 bits per heavy atom. The zero-order valence-electron chi connectivity index (χ0n) is 12.1. The van der Waals surface area contributed by atoms with E-state index in [2.05, 4.69) is 51.3 Å². The topological polar surface area (TPSA) is 35.6 Å². The van der Waals surface area contributed by atoms with E-state index in [4.69, 9.17) is 16.6 Å². The van der Waals surface area contributed by atoms with Crippen molar-refractivity contribution in [2.24, 2.45) is 0 Å². The molecule has 1 unspecified atom stereocenters. The Morgan fingerprint density at radius 1 is 1.33 bits per heavy atom. The molecular formula is C15H16ClIN4. The molecule has 0 fully saturated rings. The van der Waals surface area contributed by atoms with Gasteiger partial charge in [0.15, 0.2) is 5.65 Å². The lowest BCUT2D eigenvalue weighted by atomic mass is 10.3. The molecule has 2 aromatic heterocycles. The molecule has 21 heavy (non-hydrogen) atoms. The van der Waals surface area contributed by atoms with E-state index >= 15 is 0 Å². The molecule has 2 heterocycles. The maximum absolute atomic E-state index is 6.37. The molecule has 0 N–H and O–H groups in total. The number of aryl methyl sites for hydroxylation is 2. The van der Waals surface area contributed by atoms with Gasteiger partial charge in [-0.3, -0.25) is 4.57 Å². The number of nitrogens with zero attached hydrogens (tertiary/aromatic N) is 4. The molecular weight excluding hydrogens is 399 g/mol. The van der Waals surface area contributed by atoms with E-state index in [9.17, 15) is 0 Å². The maximum Gasteiger partial charge on any atom is 0.163 e. The summed E-state index contributed by atoms with van der Waals surface area (Å²) in [5.41, 5.74) is 3.98. The molecule has 0 saturated heterocycles. The quantitative estimate of drug-likeness (QED) is 0.469. The van der Waals surface area contributed by atoms with E-state index in [0.29, 0.717) is 0 Å². The third-order valence-corrected chi connectivity index (χ3v) is 4.59. The molecule has 0 aliphatic heterocycles. The summed E-state index contributed by atoms with van der Waals surface area (Å²) in [6, 6.07) is 8.25. The Morgan fingerprint density at radius 2 is 2.05 bits per heavy atom. The first-order valence-corrected chi connectivity index (χ1v) is 8.40. The number of fused-ring (bicyclic) bond motifs is 1. The largest absolute Gasteiger partial charge is 0.279 e. The summed E-state index contributed by atoms with van der Waals surface area (Å²) in [7, 11) is 0. The van der Waals surface area contributed by atoms with E-state index < -0.39 is 0 Å². The Balaban J connectivity index is 2.43. The second-order valence-electron chi connectivity index (χ2n) is 4.95. The molecule has 4 nitrogen and oxygen atoms in total. The molecule has 1 aromatic carbocycles. The molecule has 0 aliphatic rings. The van der Waals surface area contributed by atoms with Gasteiger partial charge in [0, 0.05) is 10.1 Å². The monoisotopic (exact) mass is 414 g/mol. The predicted octanol–water partition coefficient (Wildman–Crippen LogP) is 4.45. The second kappa shape index (κ2) is 5.61. The van der Waals surface area contributed by atoms with Gasteiger partial charge in [0.25, 0.3) is 0 Å². The van der Waals surface area contributed by atoms with Crippen LogP contribution in [0.5, 0.6) is 0 Å². The SMILES string of the molecule is CCn1nc(C)c2nc(C(C)Cl)n(-c3ccccc3I)c21. The fourth-order valence-electron chi connectivity index (χ4n) is 2.54. The van der Waals surface area contributed by atoms with Crippen molar-refractivity contribution in [1.82, 2.24) is 19.3 Å². The van der Waals surface area contributed by atoms with Crippen molar-refractivity contribution in [2.75, 3.05) is 0 Å². The van der Waals surface area contributed by atoms with Gasteiger partial charge in [0.1, 0.15) is 11.3 Å². The number of rotatable bonds is 3. The molecule has 0 bridgehead atoms. The standard InChI is InChI=1S/C15H16ClIN4/c1-4-20-15-13(10(3)19-20)18-14(9(2)16)21(15)12-8-6-5-7-11(12)17/h5-9H,4H2,1-3H3. The number of para-hydroxylation sites is 1. The minimum atomic E-state index is -0.168. The van der Waals surface area contributed by atoms with Gasteiger partial charge in [-0.05, 0) is 55.5 Å². The molecule has 3 aromatic rings. The highest BCUT2D eigenvalue weighted by atomic mass is 127. The van der Waals surface area contributed by atoms with E-state index in [1.165, 1.54) is 0 Å². The van der Waals surface area contributed by atoms with Crippen molar-refractivity contribution in [3.8, 4) is 5.69 Å². The van der Waals surface area contributed by atoms with Crippen LogP contribution < -0.4 is 0 Å². The van der Waals surface area contributed by atoms with Crippen LogP contribution in [-0.4, -0.2) is 19.3 Å². The normalized spacial score (nSPS) is 13.0. The van der Waals surface area contributed by atoms with Crippen LogP contribution in [-0.2, 0) is 6.54 Å². The van der Waals surface area contributed by atoms with Gasteiger partial charge in [0.05, 0.1) is 16.8 Å². The maximum atomic E-state index is 6.37. The van der Waals surface area contributed by atoms with Gasteiger partial charge in [0.2, 0.25) is 0 Å². The molecule has 0 spiro atoms. The van der Waals surface area contributed by atoms with Gasteiger partial charge in [-0.15, -0.1) is 11.6 Å². The highest BCUT2D eigenvalue weighted by Crippen LogP contribution is 2.31. The van der Waals surface area contributed by atoms with Gasteiger partial charge in [-0.2, -0.15) is 5.10 Å². The summed E-state index contributed by atoms with van der Waals surface area (Å²) in [4.78, 5) is 4.74. The number of hydrogen-bond acceptors (Lipinski definition) is 2. The molecule has 0 radical (unpaired) electrons. The third-order valence-electron chi connectivity index (χ3n) is 3.49. The van der Waals surface area contributed by atoms with Gasteiger partial charge < -0.3 is 0 Å². The lowest BCUT2D eigenvalue weighted by Crippen LogP contribution is -2.08. The van der Waals surface area contributed by atoms with Crippen molar-refractivity contribution in [3.63, 3.8) is 0 Å². The van der Waals surface area contributed by atoms with Crippen LogP contribution >= 0.6 is 34.2 Å². The minimum Gasteiger partial charge on any atom is -0.279 e. The molecule has 110 valence electrons. The first kappa shape index (κ1) is 14.8. The zero-order chi connectivity index (χ0) is 15.1. The summed E-state index contributed by atoms with van der Waals surface area (Å²) in [6.07, 6.45) is 0. The van der Waals surface area contributed by atoms with Gasteiger partial charge in [-0.1, -0.05) is 12.1 Å². The minimum absolute atomic E-state index is 0.168. The van der Waals surface area contributed by atoms with Crippen LogP contribution in [0.1, 0.15) is 30.7 Å². The molecule has 0 aliphatic carbocycles. The number of imidazole rings is 1. The van der Waals surface area contributed by atoms with Crippen molar-refractivity contribution < 1.29 is 0 Å². The fourth-order valence-corrected chi connectivity index (χ4v) is 3.32. The van der Waals surface area contributed by atoms with Crippen LogP contribution in [0, 0.1) is 10.5 Å². The van der Waals surface area contributed by atoms with Crippen LogP contribution in [0.4, 0.5) is 0 Å². The molecule has 0 amide bonds. The average molecular weight is 415 g/mol. The van der Waals surface area contributed by atoms with Crippen molar-refractivity contribution in [2.45, 2.75) is 32.7 Å². The molecule has 6 heteroatoms. The molecule has 1 atom stereocenters. The predicted molar refractivity (Wildman–Crippen MR) is 94.3 cm³/mol. The number of hydrogen-bond donors (Lipinski definition) is 0. The van der Waals surface area contributed by atoms with E-state index in [0.717, 1.165) is 38.5 Å². The highest BCUT2D eigenvalue weighted by Gasteiger charge is 2.22. The summed E-state index contributed by atoms with van der Waals surface area (Å²) < 4.78 is 5.29. The number of halogens is 2. The lowest BCUT2D eigenvalue weighted by molar-refractivity contribution is 0.658. The van der Waals surface area contributed by atoms with E-state index in [1.54, 1.807) is 0 Å².